The van der Waals surface area contributed by atoms with Crippen molar-refractivity contribution in [1.29, 1.82) is 0 Å². The maximum absolute atomic E-state index is 5.62. The third-order valence-electron chi connectivity index (χ3n) is 0.323. The van der Waals surface area contributed by atoms with Gasteiger partial charge in [-0.2, -0.15) is 0 Å². The first-order valence-corrected chi connectivity index (χ1v) is 5.32. The SMILES string of the molecule is CCSSC(C)(Cl)Cl. The Kier molecular flexibility index (Phi) is 4.82. The van der Waals surface area contributed by atoms with Crippen LogP contribution in [0.2, 0.25) is 0 Å². The molecule has 0 aromatic heterocycles. The molecule has 0 unspecified atom stereocenters. The van der Waals surface area contributed by atoms with E-state index in [-0.39, 0.29) is 0 Å². The topological polar surface area (TPSA) is 0 Å². The van der Waals surface area contributed by atoms with E-state index in [4.69, 9.17) is 23.2 Å². The molecule has 0 aliphatic heterocycles. The molecular formula is C4H8Cl2S2. The van der Waals surface area contributed by atoms with Crippen LogP contribution in [0.25, 0.3) is 0 Å². The van der Waals surface area contributed by atoms with E-state index >= 15 is 0 Å². The van der Waals surface area contributed by atoms with Crippen LogP contribution in [-0.4, -0.2) is 9.42 Å². The minimum Gasteiger partial charge on any atom is -0.0914 e. The molecule has 0 aliphatic carbocycles. The molecule has 0 saturated heterocycles. The van der Waals surface area contributed by atoms with Crippen molar-refractivity contribution in [2.45, 2.75) is 17.5 Å². The van der Waals surface area contributed by atoms with Crippen molar-refractivity contribution in [2.24, 2.45) is 0 Å². The summed E-state index contributed by atoms with van der Waals surface area (Å²) >= 11 is 11.2. The summed E-state index contributed by atoms with van der Waals surface area (Å²) in [6, 6.07) is 0. The first kappa shape index (κ1) is 9.28. The van der Waals surface area contributed by atoms with Gasteiger partial charge in [-0.1, -0.05) is 51.7 Å². The van der Waals surface area contributed by atoms with Crippen molar-refractivity contribution < 1.29 is 0 Å². The summed E-state index contributed by atoms with van der Waals surface area (Å²) in [5.74, 6) is 1.04. The molecule has 0 fully saturated rings. The smallest absolute Gasteiger partial charge is 0.0914 e. The standard InChI is InChI=1S/C4H8Cl2S2/c1-3-7-8-4(2,5)6/h3H2,1-2H3. The molecule has 0 amide bonds. The second-order valence-corrected chi connectivity index (χ2v) is 6.45. The molecule has 0 aromatic rings. The van der Waals surface area contributed by atoms with Crippen LogP contribution >= 0.6 is 44.8 Å². The first-order chi connectivity index (χ1) is 3.56. The van der Waals surface area contributed by atoms with Crippen LogP contribution in [0.15, 0.2) is 0 Å². The Morgan fingerprint density at radius 1 is 1.50 bits per heavy atom. The molecule has 50 valence electrons. The van der Waals surface area contributed by atoms with Crippen molar-refractivity contribution in [2.75, 3.05) is 5.75 Å². The highest BCUT2D eigenvalue weighted by Crippen LogP contribution is 2.41. The van der Waals surface area contributed by atoms with Gasteiger partial charge in [0, 0.05) is 5.75 Å². The van der Waals surface area contributed by atoms with Gasteiger partial charge in [-0.25, -0.2) is 0 Å². The highest BCUT2D eigenvalue weighted by Gasteiger charge is 2.15. The largest absolute Gasteiger partial charge is 0.170 e. The maximum atomic E-state index is 5.62. The fourth-order valence-corrected chi connectivity index (χ4v) is 2.26. The molecule has 0 nitrogen and oxygen atoms in total. The van der Waals surface area contributed by atoms with E-state index in [1.807, 2.05) is 0 Å². The van der Waals surface area contributed by atoms with E-state index in [1.54, 1.807) is 17.7 Å². The summed E-state index contributed by atoms with van der Waals surface area (Å²) in [6.07, 6.45) is 0. The van der Waals surface area contributed by atoms with E-state index in [0.29, 0.717) is 0 Å². The van der Waals surface area contributed by atoms with Crippen LogP contribution in [0.5, 0.6) is 0 Å². The van der Waals surface area contributed by atoms with Crippen molar-refractivity contribution in [3.63, 3.8) is 0 Å². The quantitative estimate of drug-likeness (QED) is 0.494. The summed E-state index contributed by atoms with van der Waals surface area (Å²) in [5.41, 5.74) is 0. The molecular weight excluding hydrogens is 183 g/mol. The average molecular weight is 191 g/mol. The summed E-state index contributed by atoms with van der Waals surface area (Å²) in [4.78, 5) is 0. The van der Waals surface area contributed by atoms with Gasteiger partial charge in [-0.05, 0) is 6.92 Å². The predicted octanol–water partition coefficient (Wildman–Crippen LogP) is 3.54. The molecule has 0 bridgehead atoms. The Labute approximate surface area is 68.1 Å². The highest BCUT2D eigenvalue weighted by atomic mass is 35.5. The lowest BCUT2D eigenvalue weighted by Crippen LogP contribution is -1.94. The second kappa shape index (κ2) is 4.15. The summed E-state index contributed by atoms with van der Waals surface area (Å²) < 4.78 is -0.624. The van der Waals surface area contributed by atoms with Crippen LogP contribution < -0.4 is 0 Å². The van der Waals surface area contributed by atoms with Crippen LogP contribution in [0.4, 0.5) is 0 Å². The third-order valence-corrected chi connectivity index (χ3v) is 4.04. The van der Waals surface area contributed by atoms with Crippen molar-refractivity contribution in [3.05, 3.63) is 0 Å². The summed E-state index contributed by atoms with van der Waals surface area (Å²) in [5, 5.41) is 0. The molecule has 0 N–H and O–H groups in total. The maximum Gasteiger partial charge on any atom is 0.170 e. The Hall–Kier alpha value is 1.28. The van der Waals surface area contributed by atoms with Crippen molar-refractivity contribution in [3.8, 4) is 0 Å². The molecule has 0 atom stereocenters. The Morgan fingerprint density at radius 2 is 2.00 bits per heavy atom. The van der Waals surface area contributed by atoms with Gasteiger partial charge in [0.15, 0.2) is 3.67 Å². The van der Waals surface area contributed by atoms with Crippen LogP contribution in [-0.2, 0) is 0 Å². The average Bonchev–Trinajstić information content (AvgIpc) is 1.59. The minimum absolute atomic E-state index is 0.624. The molecule has 0 aromatic carbocycles. The zero-order valence-electron chi connectivity index (χ0n) is 4.78. The monoisotopic (exact) mass is 190 g/mol. The van der Waals surface area contributed by atoms with Gasteiger partial charge in [-0.15, -0.1) is 0 Å². The lowest BCUT2D eigenvalue weighted by Gasteiger charge is -2.08. The molecule has 0 aliphatic rings. The number of rotatable bonds is 3. The molecule has 0 heterocycles. The van der Waals surface area contributed by atoms with Gasteiger partial charge in [0.25, 0.3) is 0 Å². The molecule has 0 saturated carbocycles. The summed E-state index contributed by atoms with van der Waals surface area (Å²) in [7, 11) is 3.15. The molecule has 0 spiro atoms. The molecule has 4 heteroatoms. The van der Waals surface area contributed by atoms with Gasteiger partial charge < -0.3 is 0 Å². The number of hydrogen-bond donors (Lipinski definition) is 0. The lowest BCUT2D eigenvalue weighted by molar-refractivity contribution is 1.30. The normalized spacial score (nSPS) is 12.0. The van der Waals surface area contributed by atoms with Gasteiger partial charge in [0.1, 0.15) is 0 Å². The van der Waals surface area contributed by atoms with E-state index < -0.39 is 3.67 Å². The van der Waals surface area contributed by atoms with Crippen LogP contribution in [0, 0.1) is 0 Å². The summed E-state index contributed by atoms with van der Waals surface area (Å²) in [6.45, 7) is 3.83. The number of alkyl halides is 2. The lowest BCUT2D eigenvalue weighted by atomic mass is 10.9. The van der Waals surface area contributed by atoms with Gasteiger partial charge in [0.05, 0.1) is 0 Å². The van der Waals surface area contributed by atoms with Crippen molar-refractivity contribution in [1.82, 2.24) is 0 Å². The van der Waals surface area contributed by atoms with Crippen molar-refractivity contribution >= 4 is 44.8 Å². The highest BCUT2D eigenvalue weighted by molar-refractivity contribution is 8.77. The fraction of sp³-hybridized carbons (Fsp3) is 1.00. The number of halogens is 2. The van der Waals surface area contributed by atoms with E-state index in [9.17, 15) is 0 Å². The van der Waals surface area contributed by atoms with Crippen LogP contribution in [0.1, 0.15) is 13.8 Å². The van der Waals surface area contributed by atoms with E-state index in [2.05, 4.69) is 6.92 Å². The Balaban J connectivity index is 3.11. The third kappa shape index (κ3) is 7.28. The van der Waals surface area contributed by atoms with Gasteiger partial charge in [-0.3, -0.25) is 0 Å². The Bertz CT molecular complexity index is 59.5. The number of hydrogen-bond acceptors (Lipinski definition) is 2. The molecule has 8 heavy (non-hydrogen) atoms. The first-order valence-electron chi connectivity index (χ1n) is 2.24. The zero-order valence-corrected chi connectivity index (χ0v) is 7.92. The van der Waals surface area contributed by atoms with Crippen LogP contribution in [0.3, 0.4) is 0 Å². The minimum atomic E-state index is -0.624. The molecule has 0 radical (unpaired) electrons. The second-order valence-electron chi connectivity index (χ2n) is 1.30. The Morgan fingerprint density at radius 3 is 2.12 bits per heavy atom. The van der Waals surface area contributed by atoms with E-state index in [0.717, 1.165) is 5.75 Å². The molecule has 0 rings (SSSR count). The predicted molar refractivity (Wildman–Crippen MR) is 45.8 cm³/mol. The van der Waals surface area contributed by atoms with E-state index in [1.165, 1.54) is 10.8 Å². The fourth-order valence-electron chi connectivity index (χ4n) is 0.162. The van der Waals surface area contributed by atoms with Gasteiger partial charge >= 0.3 is 0 Å². The van der Waals surface area contributed by atoms with Gasteiger partial charge in [0.2, 0.25) is 0 Å². The zero-order chi connectivity index (χ0) is 6.62.